The fraction of sp³-hybridized carbons (Fsp3) is 0.267. The summed E-state index contributed by atoms with van der Waals surface area (Å²) < 4.78 is 13.0. The Morgan fingerprint density at radius 1 is 1.27 bits per heavy atom. The number of aromatic carboxylic acids is 1. The third-order valence-corrected chi connectivity index (χ3v) is 3.23. The summed E-state index contributed by atoms with van der Waals surface area (Å²) in [5.74, 6) is -0.903. The standard InChI is InChI=1S/C15H17FN4O2/c1-20(2)13(10-3-5-11(16)6-4-10)8-19-14-9-17-12(7-18-14)15(21)22/h3-7,9,13H,8H2,1-2H3,(H,18,19)(H,21,22). The van der Waals surface area contributed by atoms with Crippen LogP contribution in [0, 0.1) is 5.82 Å². The third-order valence-electron chi connectivity index (χ3n) is 3.23. The largest absolute Gasteiger partial charge is 0.476 e. The quantitative estimate of drug-likeness (QED) is 0.850. The van der Waals surface area contributed by atoms with Gasteiger partial charge < -0.3 is 15.3 Å². The molecule has 0 amide bonds. The van der Waals surface area contributed by atoms with Crippen molar-refractivity contribution in [3.63, 3.8) is 0 Å². The molecule has 2 N–H and O–H groups in total. The van der Waals surface area contributed by atoms with E-state index in [1.165, 1.54) is 24.5 Å². The van der Waals surface area contributed by atoms with Crippen LogP contribution in [0.4, 0.5) is 10.2 Å². The van der Waals surface area contributed by atoms with Crippen LogP contribution >= 0.6 is 0 Å². The second-order valence-corrected chi connectivity index (χ2v) is 5.00. The maximum atomic E-state index is 13.0. The average molecular weight is 304 g/mol. The normalized spacial score (nSPS) is 12.2. The number of carboxylic acid groups (broad SMARTS) is 1. The number of carbonyl (C=O) groups is 1. The number of aromatic nitrogens is 2. The summed E-state index contributed by atoms with van der Waals surface area (Å²) in [6.45, 7) is 0.528. The molecule has 1 atom stereocenters. The van der Waals surface area contributed by atoms with Gasteiger partial charge in [0.25, 0.3) is 0 Å². The van der Waals surface area contributed by atoms with E-state index in [9.17, 15) is 9.18 Å². The number of hydrogen-bond donors (Lipinski definition) is 2. The van der Waals surface area contributed by atoms with E-state index in [-0.39, 0.29) is 17.6 Å². The Morgan fingerprint density at radius 3 is 2.45 bits per heavy atom. The van der Waals surface area contributed by atoms with Crippen molar-refractivity contribution >= 4 is 11.8 Å². The molecule has 1 aromatic heterocycles. The predicted octanol–water partition coefficient (Wildman–Crippen LogP) is 2.03. The van der Waals surface area contributed by atoms with Gasteiger partial charge in [-0.25, -0.2) is 19.2 Å². The van der Waals surface area contributed by atoms with E-state index in [2.05, 4.69) is 15.3 Å². The number of nitrogens with one attached hydrogen (secondary N) is 1. The molecule has 2 aromatic rings. The summed E-state index contributed by atoms with van der Waals surface area (Å²) >= 11 is 0. The molecule has 22 heavy (non-hydrogen) atoms. The van der Waals surface area contributed by atoms with Crippen molar-refractivity contribution in [3.05, 3.63) is 53.7 Å². The molecule has 1 heterocycles. The first-order valence-electron chi connectivity index (χ1n) is 6.68. The lowest BCUT2D eigenvalue weighted by Crippen LogP contribution is -2.27. The first-order valence-corrected chi connectivity index (χ1v) is 6.68. The molecule has 1 unspecified atom stereocenters. The highest BCUT2D eigenvalue weighted by molar-refractivity contribution is 5.84. The molecule has 1 aromatic carbocycles. The van der Waals surface area contributed by atoms with Crippen LogP contribution in [0.15, 0.2) is 36.7 Å². The molecule has 0 aliphatic rings. The number of likely N-dealkylation sites (N-methyl/N-ethyl adjacent to an activating group) is 1. The molecule has 2 rings (SSSR count). The SMILES string of the molecule is CN(C)C(CNc1cnc(C(=O)O)cn1)c1ccc(F)cc1. The summed E-state index contributed by atoms with van der Waals surface area (Å²) in [7, 11) is 3.85. The minimum atomic E-state index is -1.11. The molecule has 0 fully saturated rings. The lowest BCUT2D eigenvalue weighted by atomic mass is 10.1. The van der Waals surface area contributed by atoms with Gasteiger partial charge in [0.2, 0.25) is 0 Å². The van der Waals surface area contributed by atoms with Crippen LogP contribution in [0.2, 0.25) is 0 Å². The first kappa shape index (κ1) is 15.8. The van der Waals surface area contributed by atoms with E-state index in [1.807, 2.05) is 19.0 Å². The van der Waals surface area contributed by atoms with Gasteiger partial charge in [-0.15, -0.1) is 0 Å². The molecular weight excluding hydrogens is 287 g/mol. The van der Waals surface area contributed by atoms with Crippen molar-refractivity contribution in [1.82, 2.24) is 14.9 Å². The molecule has 0 spiro atoms. The van der Waals surface area contributed by atoms with Crippen LogP contribution in [-0.4, -0.2) is 46.6 Å². The van der Waals surface area contributed by atoms with Gasteiger partial charge in [-0.05, 0) is 31.8 Å². The Bertz CT molecular complexity index is 629. The Kier molecular flexibility index (Phi) is 5.00. The molecule has 0 saturated carbocycles. The maximum absolute atomic E-state index is 13.0. The smallest absolute Gasteiger partial charge is 0.356 e. The zero-order chi connectivity index (χ0) is 16.1. The fourth-order valence-corrected chi connectivity index (χ4v) is 2.01. The van der Waals surface area contributed by atoms with E-state index in [0.29, 0.717) is 12.4 Å². The summed E-state index contributed by atoms with van der Waals surface area (Å²) in [6, 6.07) is 6.34. The number of anilines is 1. The molecule has 116 valence electrons. The van der Waals surface area contributed by atoms with E-state index < -0.39 is 5.97 Å². The van der Waals surface area contributed by atoms with E-state index in [4.69, 9.17) is 5.11 Å². The molecular formula is C15H17FN4O2. The second kappa shape index (κ2) is 6.95. The molecule has 0 aliphatic heterocycles. The van der Waals surface area contributed by atoms with Crippen molar-refractivity contribution in [2.75, 3.05) is 26.0 Å². The van der Waals surface area contributed by atoms with Crippen molar-refractivity contribution in [1.29, 1.82) is 0 Å². The van der Waals surface area contributed by atoms with E-state index in [0.717, 1.165) is 5.56 Å². The Labute approximate surface area is 127 Å². The highest BCUT2D eigenvalue weighted by Gasteiger charge is 2.14. The van der Waals surface area contributed by atoms with Crippen molar-refractivity contribution in [3.8, 4) is 0 Å². The molecule has 0 aliphatic carbocycles. The topological polar surface area (TPSA) is 78.4 Å². The van der Waals surface area contributed by atoms with E-state index >= 15 is 0 Å². The zero-order valence-corrected chi connectivity index (χ0v) is 12.3. The minimum Gasteiger partial charge on any atom is -0.476 e. The Balaban J connectivity index is 2.05. The summed E-state index contributed by atoms with van der Waals surface area (Å²) in [4.78, 5) is 20.5. The van der Waals surface area contributed by atoms with Crippen LogP contribution in [0.3, 0.4) is 0 Å². The molecule has 0 bridgehead atoms. The summed E-state index contributed by atoms with van der Waals surface area (Å²) in [6.07, 6.45) is 2.58. The van der Waals surface area contributed by atoms with Gasteiger partial charge in [0, 0.05) is 6.54 Å². The average Bonchev–Trinajstić information content (AvgIpc) is 2.49. The molecule has 0 radical (unpaired) electrons. The van der Waals surface area contributed by atoms with Crippen LogP contribution in [-0.2, 0) is 0 Å². The van der Waals surface area contributed by atoms with Crippen LogP contribution in [0.5, 0.6) is 0 Å². The molecule has 6 nitrogen and oxygen atoms in total. The Hall–Kier alpha value is -2.54. The van der Waals surface area contributed by atoms with Gasteiger partial charge in [-0.3, -0.25) is 0 Å². The number of carboxylic acids is 1. The fourth-order valence-electron chi connectivity index (χ4n) is 2.01. The number of nitrogens with zero attached hydrogens (tertiary/aromatic N) is 3. The molecule has 7 heteroatoms. The van der Waals surface area contributed by atoms with E-state index in [1.54, 1.807) is 12.1 Å². The molecule has 0 saturated heterocycles. The van der Waals surface area contributed by atoms with Gasteiger partial charge >= 0.3 is 5.97 Å². The van der Waals surface area contributed by atoms with Gasteiger partial charge in [0.05, 0.1) is 18.4 Å². The third kappa shape index (κ3) is 3.98. The number of rotatable bonds is 6. The Morgan fingerprint density at radius 2 is 1.95 bits per heavy atom. The zero-order valence-electron chi connectivity index (χ0n) is 12.3. The van der Waals surface area contributed by atoms with Crippen LogP contribution in [0.25, 0.3) is 0 Å². The second-order valence-electron chi connectivity index (χ2n) is 5.00. The maximum Gasteiger partial charge on any atom is 0.356 e. The summed E-state index contributed by atoms with van der Waals surface area (Å²) in [5.41, 5.74) is 0.863. The van der Waals surface area contributed by atoms with Crippen LogP contribution in [0.1, 0.15) is 22.1 Å². The minimum absolute atomic E-state index is 0.0153. The van der Waals surface area contributed by atoms with Crippen molar-refractivity contribution < 1.29 is 14.3 Å². The predicted molar refractivity (Wildman–Crippen MR) is 80.3 cm³/mol. The highest BCUT2D eigenvalue weighted by atomic mass is 19.1. The number of hydrogen-bond acceptors (Lipinski definition) is 5. The lowest BCUT2D eigenvalue weighted by molar-refractivity contribution is 0.0690. The van der Waals surface area contributed by atoms with Crippen LogP contribution < -0.4 is 5.32 Å². The summed E-state index contributed by atoms with van der Waals surface area (Å²) in [5, 5.41) is 11.9. The lowest BCUT2D eigenvalue weighted by Gasteiger charge is -2.25. The van der Waals surface area contributed by atoms with Gasteiger partial charge in [-0.2, -0.15) is 0 Å². The van der Waals surface area contributed by atoms with Gasteiger partial charge in [0.1, 0.15) is 11.6 Å². The highest BCUT2D eigenvalue weighted by Crippen LogP contribution is 2.19. The number of halogens is 1. The number of benzene rings is 1. The van der Waals surface area contributed by atoms with Crippen molar-refractivity contribution in [2.45, 2.75) is 6.04 Å². The first-order chi connectivity index (χ1) is 10.5. The van der Waals surface area contributed by atoms with Crippen molar-refractivity contribution in [2.24, 2.45) is 0 Å². The van der Waals surface area contributed by atoms with Gasteiger partial charge in [-0.1, -0.05) is 12.1 Å². The van der Waals surface area contributed by atoms with Gasteiger partial charge in [0.15, 0.2) is 5.69 Å². The monoisotopic (exact) mass is 304 g/mol.